The Morgan fingerprint density at radius 1 is 0.207 bits per heavy atom. The summed E-state index contributed by atoms with van der Waals surface area (Å²) in [5.74, 6) is 0. The summed E-state index contributed by atoms with van der Waals surface area (Å²) >= 11 is 0. The first-order valence-corrected chi connectivity index (χ1v) is 20.0. The second-order valence-electron chi connectivity index (χ2n) is 15.4. The Labute approximate surface area is 336 Å². The summed E-state index contributed by atoms with van der Waals surface area (Å²) in [5.41, 5.74) is 14.4. The molecule has 0 saturated carbocycles. The second kappa shape index (κ2) is 12.9. The van der Waals surface area contributed by atoms with Crippen molar-refractivity contribution in [2.45, 2.75) is 0 Å². The van der Waals surface area contributed by atoms with E-state index in [0.29, 0.717) is 0 Å². The molecule has 0 N–H and O–H groups in total. The Morgan fingerprint density at radius 3 is 1.05 bits per heavy atom. The van der Waals surface area contributed by atoms with Crippen molar-refractivity contribution in [3.05, 3.63) is 218 Å². The molecule has 2 heteroatoms. The van der Waals surface area contributed by atoms with Crippen LogP contribution in [0, 0.1) is 0 Å². The van der Waals surface area contributed by atoms with Crippen molar-refractivity contribution >= 4 is 65.2 Å². The first-order valence-electron chi connectivity index (χ1n) is 20.0. The van der Waals surface area contributed by atoms with Crippen LogP contribution < -0.4 is 0 Å². The van der Waals surface area contributed by atoms with Gasteiger partial charge in [0, 0.05) is 32.9 Å². The zero-order chi connectivity index (χ0) is 38.2. The van der Waals surface area contributed by atoms with Gasteiger partial charge >= 0.3 is 0 Å². The smallest absolute Gasteiger partial charge is 0.0541 e. The topological polar surface area (TPSA) is 9.86 Å². The van der Waals surface area contributed by atoms with E-state index in [0.717, 1.165) is 11.4 Å². The molecule has 2 heterocycles. The number of aromatic nitrogens is 2. The molecule has 12 rings (SSSR count). The Kier molecular flexibility index (Phi) is 7.26. The highest BCUT2D eigenvalue weighted by atomic mass is 15.0. The first-order chi connectivity index (χ1) is 28.7. The zero-order valence-corrected chi connectivity index (χ0v) is 31.7. The van der Waals surface area contributed by atoms with Crippen molar-refractivity contribution in [3.63, 3.8) is 0 Å². The van der Waals surface area contributed by atoms with Crippen molar-refractivity contribution in [1.82, 2.24) is 9.13 Å². The molecule has 12 aromatic rings. The predicted molar refractivity (Wildman–Crippen MR) is 246 cm³/mol. The van der Waals surface area contributed by atoms with Crippen LogP contribution in [-0.4, -0.2) is 9.13 Å². The highest BCUT2D eigenvalue weighted by Gasteiger charge is 2.17. The van der Waals surface area contributed by atoms with Crippen LogP contribution in [0.5, 0.6) is 0 Å². The molecule has 0 saturated heterocycles. The quantitative estimate of drug-likeness (QED) is 0.167. The lowest BCUT2D eigenvalue weighted by molar-refractivity contribution is 1.18. The summed E-state index contributed by atoms with van der Waals surface area (Å²) in [6.45, 7) is 0. The van der Waals surface area contributed by atoms with Gasteiger partial charge in [-0.1, -0.05) is 146 Å². The first kappa shape index (κ1) is 32.6. The van der Waals surface area contributed by atoms with Crippen molar-refractivity contribution in [3.8, 4) is 44.8 Å². The Hall–Kier alpha value is -7.68. The van der Waals surface area contributed by atoms with Crippen molar-refractivity contribution < 1.29 is 0 Å². The Balaban J connectivity index is 0.967. The van der Waals surface area contributed by atoms with Gasteiger partial charge in [0.1, 0.15) is 0 Å². The van der Waals surface area contributed by atoms with Crippen molar-refractivity contribution in [2.24, 2.45) is 0 Å². The minimum absolute atomic E-state index is 1.16. The third-order valence-corrected chi connectivity index (χ3v) is 12.1. The highest BCUT2D eigenvalue weighted by Crippen LogP contribution is 2.39. The summed E-state index contributed by atoms with van der Waals surface area (Å²) in [5, 5.41) is 10.0. The van der Waals surface area contributed by atoms with E-state index >= 15 is 0 Å². The second-order valence-corrected chi connectivity index (χ2v) is 15.4. The minimum atomic E-state index is 1.16. The molecular weight excluding hydrogens is 701 g/mol. The van der Waals surface area contributed by atoms with Crippen LogP contribution in [0.15, 0.2) is 218 Å². The molecule has 270 valence electrons. The summed E-state index contributed by atoms with van der Waals surface area (Å²) in [6, 6.07) is 80.1. The fraction of sp³-hybridized carbons (Fsp3) is 0. The standard InChI is InChI=1S/C56H36N2/c1-3-13-39-31-43(25-23-37(39)11-1)41-15-9-17-47(33-41)57-53-21-7-5-19-49(53)51-35-45(27-29-55(51)57)46-28-30-56-52(36-46)50-20-6-8-22-54(50)58(56)48-18-10-16-42(34-48)44-26-24-38-12-2-4-14-40(38)32-44/h1-36H. The lowest BCUT2D eigenvalue weighted by Crippen LogP contribution is -1.94. The number of benzene rings is 10. The van der Waals surface area contributed by atoms with Crippen molar-refractivity contribution in [1.29, 1.82) is 0 Å². The van der Waals surface area contributed by atoms with E-state index in [4.69, 9.17) is 0 Å². The average molecular weight is 737 g/mol. The van der Waals surface area contributed by atoms with Gasteiger partial charge < -0.3 is 9.13 Å². The number of nitrogens with zero attached hydrogens (tertiary/aromatic N) is 2. The third kappa shape index (κ3) is 5.19. The van der Waals surface area contributed by atoms with Gasteiger partial charge in [0.15, 0.2) is 0 Å². The fourth-order valence-corrected chi connectivity index (χ4v) is 9.25. The molecule has 0 fully saturated rings. The molecule has 0 atom stereocenters. The molecule has 0 aliphatic carbocycles. The van der Waals surface area contributed by atoms with E-state index in [1.54, 1.807) is 0 Å². The van der Waals surface area contributed by atoms with Crippen LogP contribution in [0.3, 0.4) is 0 Å². The number of rotatable bonds is 5. The molecule has 0 aliphatic heterocycles. The largest absolute Gasteiger partial charge is 0.309 e. The maximum Gasteiger partial charge on any atom is 0.0541 e. The lowest BCUT2D eigenvalue weighted by atomic mass is 10.00. The van der Waals surface area contributed by atoms with E-state index in [-0.39, 0.29) is 0 Å². The normalized spacial score (nSPS) is 11.8. The van der Waals surface area contributed by atoms with E-state index < -0.39 is 0 Å². The fourth-order valence-electron chi connectivity index (χ4n) is 9.25. The molecule has 0 radical (unpaired) electrons. The minimum Gasteiger partial charge on any atom is -0.309 e. The molecule has 0 unspecified atom stereocenters. The van der Waals surface area contributed by atoms with Crippen molar-refractivity contribution in [2.75, 3.05) is 0 Å². The number of para-hydroxylation sites is 2. The molecule has 0 aliphatic rings. The molecule has 10 aromatic carbocycles. The summed E-state index contributed by atoms with van der Waals surface area (Å²) < 4.78 is 4.84. The number of hydrogen-bond acceptors (Lipinski definition) is 0. The third-order valence-electron chi connectivity index (χ3n) is 12.1. The summed E-state index contributed by atoms with van der Waals surface area (Å²) in [6.07, 6.45) is 0. The summed E-state index contributed by atoms with van der Waals surface area (Å²) in [4.78, 5) is 0. The van der Waals surface area contributed by atoms with Gasteiger partial charge in [-0.3, -0.25) is 0 Å². The predicted octanol–water partition coefficient (Wildman–Crippen LogP) is 15.2. The lowest BCUT2D eigenvalue weighted by Gasteiger charge is -2.12. The maximum atomic E-state index is 2.42. The SMILES string of the molecule is c1cc(-c2ccc3ccccc3c2)cc(-n2c3ccccc3c3cc(-c4ccc5c(c4)c4ccccc4n5-c4cccc(-c5ccc6ccccc6c5)c4)ccc32)c1. The van der Waals surface area contributed by atoms with E-state index in [9.17, 15) is 0 Å². The molecule has 2 nitrogen and oxygen atoms in total. The van der Waals surface area contributed by atoms with Crippen LogP contribution >= 0.6 is 0 Å². The molecular formula is C56H36N2. The van der Waals surface area contributed by atoms with E-state index in [2.05, 4.69) is 228 Å². The average Bonchev–Trinajstić information content (AvgIpc) is 3.81. The van der Waals surface area contributed by atoms with Gasteiger partial charge in [-0.25, -0.2) is 0 Å². The Morgan fingerprint density at radius 2 is 0.569 bits per heavy atom. The van der Waals surface area contributed by atoms with Crippen LogP contribution in [-0.2, 0) is 0 Å². The van der Waals surface area contributed by atoms with Gasteiger partial charge in [-0.05, 0) is 128 Å². The van der Waals surface area contributed by atoms with E-state index in [1.807, 2.05) is 0 Å². The van der Waals surface area contributed by atoms with Crippen LogP contribution in [0.4, 0.5) is 0 Å². The molecule has 0 bridgehead atoms. The number of hydrogen-bond donors (Lipinski definition) is 0. The van der Waals surface area contributed by atoms with Gasteiger partial charge in [-0.2, -0.15) is 0 Å². The van der Waals surface area contributed by atoms with Gasteiger partial charge in [0.25, 0.3) is 0 Å². The van der Waals surface area contributed by atoms with Gasteiger partial charge in [-0.15, -0.1) is 0 Å². The molecule has 2 aromatic heterocycles. The molecule has 0 amide bonds. The van der Waals surface area contributed by atoms with Gasteiger partial charge in [0.05, 0.1) is 22.1 Å². The molecule has 58 heavy (non-hydrogen) atoms. The molecule has 0 spiro atoms. The monoisotopic (exact) mass is 736 g/mol. The highest BCUT2D eigenvalue weighted by molar-refractivity contribution is 6.13. The summed E-state index contributed by atoms with van der Waals surface area (Å²) in [7, 11) is 0. The maximum absolute atomic E-state index is 2.42. The van der Waals surface area contributed by atoms with Crippen LogP contribution in [0.2, 0.25) is 0 Å². The van der Waals surface area contributed by atoms with Crippen LogP contribution in [0.25, 0.3) is 110 Å². The van der Waals surface area contributed by atoms with Gasteiger partial charge in [0.2, 0.25) is 0 Å². The number of fused-ring (bicyclic) bond motifs is 8. The zero-order valence-electron chi connectivity index (χ0n) is 31.7. The van der Waals surface area contributed by atoms with Crippen LogP contribution in [0.1, 0.15) is 0 Å². The Bertz CT molecular complexity index is 3340. The van der Waals surface area contributed by atoms with E-state index in [1.165, 1.54) is 98.5 Å².